The van der Waals surface area contributed by atoms with Crippen LogP contribution in [0.25, 0.3) is 0 Å². The molecule has 0 saturated heterocycles. The lowest BCUT2D eigenvalue weighted by atomic mass is 9.98. The summed E-state index contributed by atoms with van der Waals surface area (Å²) in [5.41, 5.74) is 2.84. The maximum absolute atomic E-state index is 3.61. The summed E-state index contributed by atoms with van der Waals surface area (Å²) in [6.07, 6.45) is 2.42. The SMILES string of the molecule is CCCC(C)(C)NCc1ccc(C)cc1Br. The van der Waals surface area contributed by atoms with Crippen LogP contribution in [0.2, 0.25) is 0 Å². The molecule has 1 aromatic carbocycles. The van der Waals surface area contributed by atoms with Crippen LogP contribution in [-0.2, 0) is 6.54 Å². The van der Waals surface area contributed by atoms with Gasteiger partial charge in [-0.25, -0.2) is 0 Å². The Kier molecular flexibility index (Phi) is 5.00. The Morgan fingerprint density at radius 2 is 2.00 bits per heavy atom. The fourth-order valence-electron chi connectivity index (χ4n) is 1.84. The largest absolute Gasteiger partial charge is 0.308 e. The molecule has 0 atom stereocenters. The lowest BCUT2D eigenvalue weighted by Crippen LogP contribution is -2.38. The molecule has 0 bridgehead atoms. The molecule has 0 saturated carbocycles. The lowest BCUT2D eigenvalue weighted by molar-refractivity contribution is 0.356. The number of rotatable bonds is 5. The minimum absolute atomic E-state index is 0.221. The van der Waals surface area contributed by atoms with Crippen LogP contribution in [-0.4, -0.2) is 5.54 Å². The minimum atomic E-state index is 0.221. The van der Waals surface area contributed by atoms with Crippen molar-refractivity contribution in [2.45, 2.75) is 52.6 Å². The first-order chi connectivity index (χ1) is 7.44. The Morgan fingerprint density at radius 3 is 2.56 bits per heavy atom. The molecular formula is C14H22BrN. The van der Waals surface area contributed by atoms with E-state index >= 15 is 0 Å². The predicted octanol–water partition coefficient (Wildman–Crippen LogP) is 4.43. The maximum Gasteiger partial charge on any atom is 0.0222 e. The van der Waals surface area contributed by atoms with Gasteiger partial charge in [0.15, 0.2) is 0 Å². The van der Waals surface area contributed by atoms with Gasteiger partial charge < -0.3 is 5.32 Å². The van der Waals surface area contributed by atoms with E-state index in [1.807, 2.05) is 0 Å². The fourth-order valence-corrected chi connectivity index (χ4v) is 2.48. The van der Waals surface area contributed by atoms with E-state index in [2.05, 4.69) is 67.1 Å². The molecule has 90 valence electrons. The molecule has 0 amide bonds. The quantitative estimate of drug-likeness (QED) is 0.843. The van der Waals surface area contributed by atoms with Crippen molar-refractivity contribution in [3.63, 3.8) is 0 Å². The summed E-state index contributed by atoms with van der Waals surface area (Å²) in [5.74, 6) is 0. The minimum Gasteiger partial charge on any atom is -0.308 e. The van der Waals surface area contributed by atoms with Crippen LogP contribution < -0.4 is 5.32 Å². The second-order valence-corrected chi connectivity index (χ2v) is 5.94. The second-order valence-electron chi connectivity index (χ2n) is 5.08. The number of halogens is 1. The highest BCUT2D eigenvalue weighted by Crippen LogP contribution is 2.20. The van der Waals surface area contributed by atoms with E-state index in [-0.39, 0.29) is 5.54 Å². The number of aryl methyl sites for hydroxylation is 1. The first-order valence-electron chi connectivity index (χ1n) is 5.94. The average molecular weight is 284 g/mol. The molecule has 0 aliphatic heterocycles. The van der Waals surface area contributed by atoms with Crippen molar-refractivity contribution in [3.05, 3.63) is 33.8 Å². The molecule has 0 radical (unpaired) electrons. The number of nitrogens with one attached hydrogen (secondary N) is 1. The van der Waals surface area contributed by atoms with Gasteiger partial charge in [-0.15, -0.1) is 0 Å². The molecule has 0 aliphatic rings. The predicted molar refractivity (Wildman–Crippen MR) is 74.7 cm³/mol. The van der Waals surface area contributed by atoms with Gasteiger partial charge in [-0.3, -0.25) is 0 Å². The average Bonchev–Trinajstić information content (AvgIpc) is 2.16. The highest BCUT2D eigenvalue weighted by molar-refractivity contribution is 9.10. The summed E-state index contributed by atoms with van der Waals surface area (Å²) in [4.78, 5) is 0. The standard InChI is InChI=1S/C14H22BrN/c1-5-8-14(3,4)16-10-12-7-6-11(2)9-13(12)15/h6-7,9,16H,5,8,10H2,1-4H3. The third kappa shape index (κ3) is 4.26. The Hall–Kier alpha value is -0.340. The fraction of sp³-hybridized carbons (Fsp3) is 0.571. The normalized spacial score (nSPS) is 11.8. The van der Waals surface area contributed by atoms with Gasteiger partial charge in [0.25, 0.3) is 0 Å². The summed E-state index contributed by atoms with van der Waals surface area (Å²) in [6, 6.07) is 6.52. The smallest absolute Gasteiger partial charge is 0.0222 e. The molecule has 16 heavy (non-hydrogen) atoms. The molecule has 2 heteroatoms. The molecule has 0 spiro atoms. The number of benzene rings is 1. The second kappa shape index (κ2) is 5.83. The van der Waals surface area contributed by atoms with Gasteiger partial charge in [-0.2, -0.15) is 0 Å². The summed E-state index contributed by atoms with van der Waals surface area (Å²) in [5, 5.41) is 3.61. The Balaban J connectivity index is 2.61. The van der Waals surface area contributed by atoms with E-state index in [0.717, 1.165) is 6.54 Å². The summed E-state index contributed by atoms with van der Waals surface area (Å²) < 4.78 is 1.20. The van der Waals surface area contributed by atoms with Gasteiger partial charge in [-0.05, 0) is 44.4 Å². The maximum atomic E-state index is 3.61. The molecule has 0 aliphatic carbocycles. The molecule has 1 rings (SSSR count). The monoisotopic (exact) mass is 283 g/mol. The molecule has 0 fully saturated rings. The third-order valence-electron chi connectivity index (χ3n) is 2.84. The van der Waals surface area contributed by atoms with E-state index in [1.54, 1.807) is 0 Å². The molecule has 0 unspecified atom stereocenters. The van der Waals surface area contributed by atoms with Crippen LogP contribution in [0, 0.1) is 6.92 Å². The molecule has 0 heterocycles. The summed E-state index contributed by atoms with van der Waals surface area (Å²) >= 11 is 3.61. The number of hydrogen-bond donors (Lipinski definition) is 1. The van der Waals surface area contributed by atoms with Crippen LogP contribution in [0.15, 0.2) is 22.7 Å². The Bertz CT molecular complexity index is 345. The Morgan fingerprint density at radius 1 is 1.31 bits per heavy atom. The highest BCUT2D eigenvalue weighted by Gasteiger charge is 2.15. The Labute approximate surface area is 108 Å². The highest BCUT2D eigenvalue weighted by atomic mass is 79.9. The van der Waals surface area contributed by atoms with Crippen molar-refractivity contribution in [2.75, 3.05) is 0 Å². The van der Waals surface area contributed by atoms with Gasteiger partial charge in [0.1, 0.15) is 0 Å². The van der Waals surface area contributed by atoms with Gasteiger partial charge >= 0.3 is 0 Å². The van der Waals surface area contributed by atoms with Gasteiger partial charge in [0.05, 0.1) is 0 Å². The van der Waals surface area contributed by atoms with Crippen LogP contribution in [0.5, 0.6) is 0 Å². The molecule has 1 N–H and O–H groups in total. The summed E-state index contributed by atoms with van der Waals surface area (Å²) in [7, 11) is 0. The van der Waals surface area contributed by atoms with E-state index in [9.17, 15) is 0 Å². The van der Waals surface area contributed by atoms with Crippen LogP contribution >= 0.6 is 15.9 Å². The zero-order valence-corrected chi connectivity index (χ0v) is 12.3. The van der Waals surface area contributed by atoms with Gasteiger partial charge in [-0.1, -0.05) is 41.4 Å². The van der Waals surface area contributed by atoms with Crippen LogP contribution in [0.1, 0.15) is 44.7 Å². The topological polar surface area (TPSA) is 12.0 Å². The lowest BCUT2D eigenvalue weighted by Gasteiger charge is -2.26. The van der Waals surface area contributed by atoms with E-state index < -0.39 is 0 Å². The zero-order valence-electron chi connectivity index (χ0n) is 10.7. The molecular weight excluding hydrogens is 262 g/mol. The van der Waals surface area contributed by atoms with E-state index in [4.69, 9.17) is 0 Å². The van der Waals surface area contributed by atoms with Gasteiger partial charge in [0, 0.05) is 16.6 Å². The summed E-state index contributed by atoms with van der Waals surface area (Å²) in [6.45, 7) is 9.79. The van der Waals surface area contributed by atoms with Crippen LogP contribution in [0.4, 0.5) is 0 Å². The van der Waals surface area contributed by atoms with Crippen molar-refractivity contribution < 1.29 is 0 Å². The van der Waals surface area contributed by atoms with Crippen molar-refractivity contribution in [1.82, 2.24) is 5.32 Å². The van der Waals surface area contributed by atoms with Crippen molar-refractivity contribution in [1.29, 1.82) is 0 Å². The van der Waals surface area contributed by atoms with Crippen molar-refractivity contribution >= 4 is 15.9 Å². The molecule has 1 nitrogen and oxygen atoms in total. The molecule has 1 aromatic rings. The van der Waals surface area contributed by atoms with E-state index in [1.165, 1.54) is 28.4 Å². The van der Waals surface area contributed by atoms with Crippen molar-refractivity contribution in [2.24, 2.45) is 0 Å². The molecule has 0 aromatic heterocycles. The van der Waals surface area contributed by atoms with Gasteiger partial charge in [0.2, 0.25) is 0 Å². The van der Waals surface area contributed by atoms with E-state index in [0.29, 0.717) is 0 Å². The number of hydrogen-bond acceptors (Lipinski definition) is 1. The first-order valence-corrected chi connectivity index (χ1v) is 6.74. The first kappa shape index (κ1) is 13.7. The van der Waals surface area contributed by atoms with Crippen LogP contribution in [0.3, 0.4) is 0 Å². The van der Waals surface area contributed by atoms with Crippen molar-refractivity contribution in [3.8, 4) is 0 Å². The zero-order chi connectivity index (χ0) is 12.2. The third-order valence-corrected chi connectivity index (χ3v) is 3.58.